The quantitative estimate of drug-likeness (QED) is 0.628. The maximum atomic E-state index is 11.0. The third kappa shape index (κ3) is 3.79. The van der Waals surface area contributed by atoms with E-state index in [4.69, 9.17) is 16.3 Å². The lowest BCUT2D eigenvalue weighted by Crippen LogP contribution is -2.03. The molecule has 1 aromatic carbocycles. The molecule has 0 aliphatic heterocycles. The molecule has 0 unspecified atom stereocenters. The topological polar surface area (TPSA) is 90.2 Å². The van der Waals surface area contributed by atoms with Gasteiger partial charge in [0.05, 0.1) is 15.6 Å². The van der Waals surface area contributed by atoms with Crippen LogP contribution in [0.25, 0.3) is 0 Å². The minimum absolute atomic E-state index is 0.00866. The predicted octanol–water partition coefficient (Wildman–Crippen LogP) is 4.02. The van der Waals surface area contributed by atoms with Crippen molar-refractivity contribution in [2.45, 2.75) is 6.92 Å². The van der Waals surface area contributed by atoms with Crippen LogP contribution in [0.5, 0.6) is 11.6 Å². The largest absolute Gasteiger partial charge is 0.430 e. The molecule has 0 radical (unpaired) electrons. The molecule has 0 saturated heterocycles. The summed E-state index contributed by atoms with van der Waals surface area (Å²) in [6, 6.07) is 4.06. The second-order valence-corrected chi connectivity index (χ2v) is 5.14. The molecule has 21 heavy (non-hydrogen) atoms. The Morgan fingerprint density at radius 2 is 2.29 bits per heavy atom. The molecule has 9 heteroatoms. The molecule has 1 heterocycles. The Hall–Kier alpha value is -1.93. The smallest absolute Gasteiger partial charge is 0.311 e. The van der Waals surface area contributed by atoms with Crippen molar-refractivity contribution in [1.29, 1.82) is 0 Å². The zero-order valence-corrected chi connectivity index (χ0v) is 13.2. The first-order valence-corrected chi connectivity index (χ1v) is 7.06. The minimum Gasteiger partial charge on any atom is -0.430 e. The monoisotopic (exact) mass is 372 g/mol. The Kier molecular flexibility index (Phi) is 4.92. The van der Waals surface area contributed by atoms with Crippen LogP contribution in [0, 0.1) is 10.1 Å². The standard InChI is InChI=1S/C12H10BrClN4O3/c1-2-15-12-16-6-8(13)11(17-12)21-10-5-7(14)3-4-9(10)18(19)20/h3-6H,2H2,1H3,(H,15,16,17). The molecular weight excluding hydrogens is 364 g/mol. The van der Waals surface area contributed by atoms with Crippen LogP contribution < -0.4 is 10.1 Å². The van der Waals surface area contributed by atoms with Gasteiger partial charge in [0.25, 0.3) is 0 Å². The van der Waals surface area contributed by atoms with Gasteiger partial charge < -0.3 is 10.1 Å². The highest BCUT2D eigenvalue weighted by Crippen LogP contribution is 2.35. The van der Waals surface area contributed by atoms with Crippen molar-refractivity contribution in [2.24, 2.45) is 0 Å². The van der Waals surface area contributed by atoms with Gasteiger partial charge in [-0.15, -0.1) is 0 Å². The summed E-state index contributed by atoms with van der Waals surface area (Å²) in [5.41, 5.74) is -0.199. The van der Waals surface area contributed by atoms with E-state index in [2.05, 4.69) is 31.2 Å². The number of ether oxygens (including phenoxy) is 1. The van der Waals surface area contributed by atoms with Gasteiger partial charge in [-0.25, -0.2) is 4.98 Å². The molecule has 2 aromatic rings. The highest BCUT2D eigenvalue weighted by molar-refractivity contribution is 9.10. The lowest BCUT2D eigenvalue weighted by atomic mass is 10.3. The molecule has 0 spiro atoms. The lowest BCUT2D eigenvalue weighted by molar-refractivity contribution is -0.385. The van der Waals surface area contributed by atoms with E-state index in [1.165, 1.54) is 24.4 Å². The van der Waals surface area contributed by atoms with E-state index >= 15 is 0 Å². The normalized spacial score (nSPS) is 10.2. The van der Waals surface area contributed by atoms with Gasteiger partial charge in [-0.3, -0.25) is 10.1 Å². The summed E-state index contributed by atoms with van der Waals surface area (Å²) in [4.78, 5) is 18.6. The molecule has 0 atom stereocenters. The summed E-state index contributed by atoms with van der Waals surface area (Å²) in [6.07, 6.45) is 1.50. The predicted molar refractivity (Wildman–Crippen MR) is 82.1 cm³/mol. The van der Waals surface area contributed by atoms with Crippen LogP contribution in [0.15, 0.2) is 28.9 Å². The first-order valence-electron chi connectivity index (χ1n) is 5.89. The van der Waals surface area contributed by atoms with E-state index in [1.54, 1.807) is 0 Å². The summed E-state index contributed by atoms with van der Waals surface area (Å²) in [5.74, 6) is 0.529. The number of nitro groups is 1. The Bertz CT molecular complexity index is 684. The maximum Gasteiger partial charge on any atom is 0.311 e. The van der Waals surface area contributed by atoms with Gasteiger partial charge in [0.1, 0.15) is 0 Å². The van der Waals surface area contributed by atoms with E-state index in [1.807, 2.05) is 6.92 Å². The molecule has 0 saturated carbocycles. The lowest BCUT2D eigenvalue weighted by Gasteiger charge is -2.09. The summed E-state index contributed by atoms with van der Waals surface area (Å²) >= 11 is 9.09. The summed E-state index contributed by atoms with van der Waals surface area (Å²) in [7, 11) is 0. The highest BCUT2D eigenvalue weighted by atomic mass is 79.9. The number of rotatable bonds is 5. The van der Waals surface area contributed by atoms with Gasteiger partial charge in [-0.2, -0.15) is 4.98 Å². The van der Waals surface area contributed by atoms with Gasteiger partial charge in [-0.05, 0) is 28.9 Å². The summed E-state index contributed by atoms with van der Waals surface area (Å²) < 4.78 is 5.98. The molecule has 1 aromatic heterocycles. The number of hydrogen-bond acceptors (Lipinski definition) is 6. The number of nitrogens with zero attached hydrogens (tertiary/aromatic N) is 3. The van der Waals surface area contributed by atoms with Gasteiger partial charge in [0.2, 0.25) is 17.6 Å². The van der Waals surface area contributed by atoms with Gasteiger partial charge in [-0.1, -0.05) is 11.6 Å². The number of aromatic nitrogens is 2. The third-order valence-corrected chi connectivity index (χ3v) is 3.15. The third-order valence-electron chi connectivity index (χ3n) is 2.37. The molecule has 2 rings (SSSR count). The SMILES string of the molecule is CCNc1ncc(Br)c(Oc2cc(Cl)ccc2[N+](=O)[O-])n1. The summed E-state index contributed by atoms with van der Waals surface area (Å²) in [6.45, 7) is 2.53. The average molecular weight is 374 g/mol. The van der Waals surface area contributed by atoms with Crippen LogP contribution in [0.3, 0.4) is 0 Å². The number of hydrogen-bond donors (Lipinski definition) is 1. The van der Waals surface area contributed by atoms with Gasteiger partial charge in [0.15, 0.2) is 0 Å². The number of benzene rings is 1. The number of nitro benzene ring substituents is 1. The van der Waals surface area contributed by atoms with Crippen LogP contribution in [0.1, 0.15) is 6.92 Å². The van der Waals surface area contributed by atoms with Crippen molar-refractivity contribution >= 4 is 39.2 Å². The molecular formula is C12H10BrClN4O3. The zero-order chi connectivity index (χ0) is 15.4. The number of anilines is 1. The van der Waals surface area contributed by atoms with Crippen molar-refractivity contribution in [2.75, 3.05) is 11.9 Å². The molecule has 1 N–H and O–H groups in total. The molecule has 0 aliphatic rings. The maximum absolute atomic E-state index is 11.0. The molecule has 0 amide bonds. The first kappa shape index (κ1) is 15.5. The Labute approximate surface area is 133 Å². The molecule has 7 nitrogen and oxygen atoms in total. The van der Waals surface area contributed by atoms with E-state index in [9.17, 15) is 10.1 Å². The number of halogens is 2. The van der Waals surface area contributed by atoms with Gasteiger partial charge >= 0.3 is 5.69 Å². The fourth-order valence-electron chi connectivity index (χ4n) is 1.49. The van der Waals surface area contributed by atoms with Crippen molar-refractivity contribution in [3.05, 3.63) is 44.0 Å². The average Bonchev–Trinajstić information content (AvgIpc) is 2.42. The van der Waals surface area contributed by atoms with Crippen LogP contribution in [-0.2, 0) is 0 Å². The Morgan fingerprint density at radius 3 is 2.95 bits per heavy atom. The first-order chi connectivity index (χ1) is 10.0. The van der Waals surface area contributed by atoms with Gasteiger partial charge in [0, 0.05) is 23.7 Å². The van der Waals surface area contributed by atoms with E-state index in [0.717, 1.165) is 0 Å². The van der Waals surface area contributed by atoms with Crippen LogP contribution in [-0.4, -0.2) is 21.4 Å². The fourth-order valence-corrected chi connectivity index (χ4v) is 1.93. The Balaban J connectivity index is 2.39. The fraction of sp³-hybridized carbons (Fsp3) is 0.167. The molecule has 0 fully saturated rings. The van der Waals surface area contributed by atoms with Crippen molar-refractivity contribution in [1.82, 2.24) is 9.97 Å². The second kappa shape index (κ2) is 6.68. The van der Waals surface area contributed by atoms with E-state index in [0.29, 0.717) is 22.0 Å². The summed E-state index contributed by atoms with van der Waals surface area (Å²) in [5, 5.41) is 14.3. The Morgan fingerprint density at radius 1 is 1.52 bits per heavy atom. The van der Waals surface area contributed by atoms with Crippen molar-refractivity contribution in [3.63, 3.8) is 0 Å². The second-order valence-electron chi connectivity index (χ2n) is 3.85. The molecule has 0 aliphatic carbocycles. The minimum atomic E-state index is -0.550. The van der Waals surface area contributed by atoms with Crippen LogP contribution >= 0.6 is 27.5 Å². The van der Waals surface area contributed by atoms with Crippen LogP contribution in [0.2, 0.25) is 5.02 Å². The van der Waals surface area contributed by atoms with E-state index in [-0.39, 0.29) is 17.3 Å². The number of nitrogens with one attached hydrogen (secondary N) is 1. The zero-order valence-electron chi connectivity index (χ0n) is 10.8. The van der Waals surface area contributed by atoms with Crippen LogP contribution in [0.4, 0.5) is 11.6 Å². The molecule has 110 valence electrons. The van der Waals surface area contributed by atoms with E-state index < -0.39 is 4.92 Å². The van der Waals surface area contributed by atoms with Crippen molar-refractivity contribution in [3.8, 4) is 11.6 Å². The van der Waals surface area contributed by atoms with Crippen molar-refractivity contribution < 1.29 is 9.66 Å². The highest BCUT2D eigenvalue weighted by Gasteiger charge is 2.18. The molecule has 0 bridgehead atoms.